The van der Waals surface area contributed by atoms with Crippen LogP contribution in [0, 0.1) is 6.92 Å². The quantitative estimate of drug-likeness (QED) is 0.461. The predicted molar refractivity (Wildman–Crippen MR) is 88.4 cm³/mol. The topological polar surface area (TPSA) is 67.5 Å². The summed E-state index contributed by atoms with van der Waals surface area (Å²) in [5, 5.41) is 10.1. The average molecular weight is 384 g/mol. The number of carbonyl (C=O) groups excluding carboxylic acids is 2. The van der Waals surface area contributed by atoms with Crippen molar-refractivity contribution in [2.45, 2.75) is 18.2 Å². The Hall–Kier alpha value is -1.83. The highest BCUT2D eigenvalue weighted by Gasteiger charge is 2.42. The SMILES string of the molecule is COc1cccc(/C=C2\Sc3sc(C(C)=O)c(C)[n+]3C2=O)c1O.[Cl-]. The van der Waals surface area contributed by atoms with E-state index in [0.717, 1.165) is 4.34 Å². The first-order valence-electron chi connectivity index (χ1n) is 6.80. The van der Waals surface area contributed by atoms with E-state index in [4.69, 9.17) is 4.74 Å². The number of aromatic nitrogens is 1. The van der Waals surface area contributed by atoms with Gasteiger partial charge >= 0.3 is 10.2 Å². The lowest BCUT2D eigenvalue weighted by Crippen LogP contribution is -3.00. The van der Waals surface area contributed by atoms with Gasteiger partial charge in [0.1, 0.15) is 9.78 Å². The fourth-order valence-corrected chi connectivity index (χ4v) is 4.79. The van der Waals surface area contributed by atoms with Gasteiger partial charge in [-0.25, -0.2) is 4.79 Å². The molecular weight excluding hydrogens is 370 g/mol. The number of hydrogen-bond acceptors (Lipinski definition) is 6. The van der Waals surface area contributed by atoms with Crippen molar-refractivity contribution in [2.24, 2.45) is 0 Å². The number of Topliss-reactive ketones (excluding diaryl/α,β-unsaturated/α-hetero) is 1. The lowest BCUT2D eigenvalue weighted by molar-refractivity contribution is -0.606. The van der Waals surface area contributed by atoms with Crippen molar-refractivity contribution in [3.05, 3.63) is 39.2 Å². The highest BCUT2D eigenvalue weighted by Crippen LogP contribution is 2.39. The number of nitrogens with zero attached hydrogens (tertiary/aromatic N) is 1. The zero-order chi connectivity index (χ0) is 16.7. The summed E-state index contributed by atoms with van der Waals surface area (Å²) in [4.78, 5) is 25.3. The van der Waals surface area contributed by atoms with Crippen LogP contribution in [0.4, 0.5) is 0 Å². The number of phenolic OH excluding ortho intramolecular Hbond substituents is 1. The van der Waals surface area contributed by atoms with Gasteiger partial charge in [0.25, 0.3) is 0 Å². The predicted octanol–water partition coefficient (Wildman–Crippen LogP) is 0.0518. The molecule has 2 heterocycles. The van der Waals surface area contributed by atoms with E-state index in [1.54, 1.807) is 35.8 Å². The Bertz CT molecular complexity index is 873. The molecule has 2 aromatic rings. The Balaban J connectivity index is 0.00000208. The van der Waals surface area contributed by atoms with Gasteiger partial charge in [-0.2, -0.15) is 0 Å². The summed E-state index contributed by atoms with van der Waals surface area (Å²) in [7, 11) is 1.47. The number of ether oxygens (including phenoxy) is 1. The molecule has 5 nitrogen and oxygen atoms in total. The number of rotatable bonds is 3. The number of aromatic hydroxyl groups is 1. The van der Waals surface area contributed by atoms with Crippen molar-refractivity contribution < 1.29 is 36.4 Å². The molecule has 0 fully saturated rings. The van der Waals surface area contributed by atoms with Crippen LogP contribution in [-0.4, -0.2) is 23.9 Å². The molecule has 1 aromatic heterocycles. The largest absolute Gasteiger partial charge is 1.00 e. The van der Waals surface area contributed by atoms with E-state index in [1.165, 1.54) is 37.1 Å². The highest BCUT2D eigenvalue weighted by atomic mass is 35.5. The maximum absolute atomic E-state index is 12.6. The van der Waals surface area contributed by atoms with Gasteiger partial charge in [-0.3, -0.25) is 4.79 Å². The number of carbonyl (C=O) groups is 2. The highest BCUT2D eigenvalue weighted by molar-refractivity contribution is 8.05. The molecule has 0 saturated heterocycles. The summed E-state index contributed by atoms with van der Waals surface area (Å²) >= 11 is 2.62. The van der Waals surface area contributed by atoms with Crippen molar-refractivity contribution in [3.8, 4) is 11.5 Å². The third-order valence-electron chi connectivity index (χ3n) is 3.50. The molecule has 0 radical (unpaired) electrons. The van der Waals surface area contributed by atoms with Crippen molar-refractivity contribution >= 4 is 40.9 Å². The number of hydrogen-bond donors (Lipinski definition) is 1. The van der Waals surface area contributed by atoms with Crippen LogP contribution in [0.2, 0.25) is 0 Å². The molecule has 0 atom stereocenters. The number of allylic oxidation sites excluding steroid dienone is 1. The summed E-state index contributed by atoms with van der Waals surface area (Å²) < 4.78 is 7.38. The number of phenols is 1. The molecule has 0 bridgehead atoms. The smallest absolute Gasteiger partial charge is 0.433 e. The summed E-state index contributed by atoms with van der Waals surface area (Å²) in [5.74, 6) is 0.122. The molecular formula is C16H14ClNO4S2. The van der Waals surface area contributed by atoms with Gasteiger partial charge in [0.05, 0.1) is 7.11 Å². The summed E-state index contributed by atoms with van der Waals surface area (Å²) in [6.07, 6.45) is 1.64. The van der Waals surface area contributed by atoms with Crippen LogP contribution >= 0.6 is 23.1 Å². The second kappa shape index (κ2) is 6.96. The average Bonchev–Trinajstić information content (AvgIpc) is 2.99. The zero-order valence-electron chi connectivity index (χ0n) is 13.1. The third-order valence-corrected chi connectivity index (χ3v) is 6.02. The van der Waals surface area contributed by atoms with E-state index in [1.807, 2.05) is 0 Å². The molecule has 0 spiro atoms. The summed E-state index contributed by atoms with van der Waals surface area (Å²) in [6, 6.07) is 5.11. The van der Waals surface area contributed by atoms with Crippen molar-refractivity contribution in [2.75, 3.05) is 7.11 Å². The molecule has 1 aliphatic rings. The Morgan fingerprint density at radius 1 is 1.38 bits per heavy atom. The van der Waals surface area contributed by atoms with Gasteiger partial charge in [-0.15, -0.1) is 4.57 Å². The standard InChI is InChI=1S/C16H13NO4S2.ClH/c1-8-14(9(2)18)23-16-17(8)15(20)12(22-16)7-10-5-4-6-11(21-3)13(10)19;/h4-7H,1-3H3;1H. The van der Waals surface area contributed by atoms with Crippen molar-refractivity contribution in [3.63, 3.8) is 0 Å². The van der Waals surface area contributed by atoms with Crippen LogP contribution < -0.4 is 21.7 Å². The van der Waals surface area contributed by atoms with Crippen LogP contribution in [0.1, 0.15) is 32.6 Å². The lowest BCUT2D eigenvalue weighted by Gasteiger charge is -2.05. The summed E-state index contributed by atoms with van der Waals surface area (Å²) in [5.41, 5.74) is 1.17. The fraction of sp³-hybridized carbons (Fsp3) is 0.188. The number of halogens is 1. The Morgan fingerprint density at radius 2 is 2.08 bits per heavy atom. The van der Waals surface area contributed by atoms with Gasteiger partial charge in [0, 0.05) is 31.2 Å². The van der Waals surface area contributed by atoms with Crippen molar-refractivity contribution in [1.82, 2.24) is 0 Å². The van der Waals surface area contributed by atoms with Crippen LogP contribution in [0.5, 0.6) is 11.5 Å². The maximum atomic E-state index is 12.6. The molecule has 0 amide bonds. The Kier molecular flexibility index (Phi) is 5.37. The minimum absolute atomic E-state index is 0. The molecule has 0 aliphatic carbocycles. The number of para-hydroxylation sites is 1. The normalized spacial score (nSPS) is 14.5. The van der Waals surface area contributed by atoms with Gasteiger partial charge in [-0.05, 0) is 12.1 Å². The Morgan fingerprint density at radius 3 is 2.67 bits per heavy atom. The second-order valence-electron chi connectivity index (χ2n) is 4.99. The van der Waals surface area contributed by atoms with E-state index >= 15 is 0 Å². The number of thiazole rings is 1. The molecule has 0 saturated carbocycles. The number of benzene rings is 1. The molecule has 126 valence electrons. The molecule has 0 unspecified atom stereocenters. The van der Waals surface area contributed by atoms with Gasteiger partial charge in [0.15, 0.2) is 17.3 Å². The molecule has 24 heavy (non-hydrogen) atoms. The second-order valence-corrected chi connectivity index (χ2v) is 7.28. The minimum atomic E-state index is -0.187. The van der Waals surface area contributed by atoms with Gasteiger partial charge in [-0.1, -0.05) is 23.5 Å². The number of thioether (sulfide) groups is 1. The number of methoxy groups -OCH3 is 1. The Labute approximate surface area is 153 Å². The lowest BCUT2D eigenvalue weighted by atomic mass is 10.1. The first kappa shape index (κ1) is 18.5. The summed E-state index contributed by atoms with van der Waals surface area (Å²) in [6.45, 7) is 3.26. The molecule has 8 heteroatoms. The number of fused-ring (bicyclic) bond motifs is 1. The van der Waals surface area contributed by atoms with Crippen LogP contribution in [0.15, 0.2) is 27.4 Å². The van der Waals surface area contributed by atoms with Gasteiger partial charge in [0.2, 0.25) is 5.69 Å². The van der Waals surface area contributed by atoms with Crippen LogP contribution in [-0.2, 0) is 0 Å². The third kappa shape index (κ3) is 2.94. The monoisotopic (exact) mass is 383 g/mol. The number of ketones is 1. The van der Waals surface area contributed by atoms with Crippen LogP contribution in [0.3, 0.4) is 0 Å². The molecule has 1 aliphatic heterocycles. The van der Waals surface area contributed by atoms with E-state index in [-0.39, 0.29) is 29.8 Å². The minimum Gasteiger partial charge on any atom is -1.00 e. The van der Waals surface area contributed by atoms with E-state index in [2.05, 4.69) is 0 Å². The van der Waals surface area contributed by atoms with E-state index < -0.39 is 0 Å². The van der Waals surface area contributed by atoms with Crippen LogP contribution in [0.25, 0.3) is 6.08 Å². The van der Waals surface area contributed by atoms with E-state index in [0.29, 0.717) is 26.8 Å². The molecule has 1 N–H and O–H groups in total. The first-order valence-corrected chi connectivity index (χ1v) is 8.44. The van der Waals surface area contributed by atoms with Gasteiger partial charge < -0.3 is 22.3 Å². The molecule has 3 rings (SSSR count). The zero-order valence-corrected chi connectivity index (χ0v) is 15.5. The molecule has 1 aromatic carbocycles. The first-order chi connectivity index (χ1) is 10.9. The van der Waals surface area contributed by atoms with Crippen molar-refractivity contribution in [1.29, 1.82) is 0 Å². The maximum Gasteiger partial charge on any atom is 0.433 e. The van der Waals surface area contributed by atoms with E-state index in [9.17, 15) is 14.7 Å². The fourth-order valence-electron chi connectivity index (χ4n) is 2.37.